The number of aryl methyl sites for hydroxylation is 1. The zero-order chi connectivity index (χ0) is 58.6. The molecule has 7 amide bonds. The summed E-state index contributed by atoms with van der Waals surface area (Å²) in [4.78, 5) is 134. The molecule has 3 aromatic carbocycles. The number of hydrogen-bond donors (Lipinski definition) is 7. The lowest BCUT2D eigenvalue weighted by Gasteiger charge is -2.36. The van der Waals surface area contributed by atoms with E-state index in [0.717, 1.165) is 16.5 Å². The summed E-state index contributed by atoms with van der Waals surface area (Å²) in [5.41, 5.74) is 9.04. The van der Waals surface area contributed by atoms with Gasteiger partial charge in [-0.05, 0) is 85.0 Å². The van der Waals surface area contributed by atoms with E-state index in [4.69, 9.17) is 24.5 Å². The van der Waals surface area contributed by atoms with Crippen LogP contribution in [0.2, 0.25) is 0 Å². The van der Waals surface area contributed by atoms with Crippen LogP contribution in [0.1, 0.15) is 109 Å². The minimum Gasteiger partial charge on any atom is -0.458 e. The van der Waals surface area contributed by atoms with Crippen LogP contribution in [0.4, 0.5) is 10.1 Å². The van der Waals surface area contributed by atoms with Crippen LogP contribution in [0.15, 0.2) is 71.5 Å². The van der Waals surface area contributed by atoms with Crippen LogP contribution in [0.3, 0.4) is 0 Å². The first-order chi connectivity index (χ1) is 39.2. The van der Waals surface area contributed by atoms with Crippen molar-refractivity contribution in [1.29, 1.82) is 0 Å². The first-order valence-electron chi connectivity index (χ1n) is 27.1. The number of pyridine rings is 2. The smallest absolute Gasteiger partial charge is 0.458 e. The highest BCUT2D eigenvalue weighted by atomic mass is 31.2. The summed E-state index contributed by atoms with van der Waals surface area (Å²) in [6.07, 6.45) is 2.83. The number of nitrogens with one attached hydrogen (secondary N) is 5. The number of cyclic esters (lactones) is 1. The highest BCUT2D eigenvalue weighted by Gasteiger charge is 2.53. The predicted molar refractivity (Wildman–Crippen MR) is 293 cm³/mol. The third-order valence-electron chi connectivity index (χ3n) is 15.3. The molecule has 2 unspecified atom stereocenters. The second-order valence-electron chi connectivity index (χ2n) is 20.9. The molecule has 82 heavy (non-hydrogen) atoms. The van der Waals surface area contributed by atoms with Crippen molar-refractivity contribution < 1.29 is 66.0 Å². The van der Waals surface area contributed by atoms with Gasteiger partial charge in [-0.15, -0.1) is 0 Å². The molecule has 9 rings (SSSR count). The molecule has 0 spiro atoms. The number of ether oxygens (including phenoxy) is 1. The monoisotopic (exact) mass is 1150 g/mol. The number of nitrogens with zero attached hydrogens (tertiary/aromatic N) is 3. The number of likely N-dealkylation sites (tertiary alicyclic amines) is 1. The minimum absolute atomic E-state index is 0.00328. The van der Waals surface area contributed by atoms with Crippen LogP contribution in [-0.4, -0.2) is 98.9 Å². The summed E-state index contributed by atoms with van der Waals surface area (Å²) < 4.78 is 47.1. The van der Waals surface area contributed by atoms with E-state index in [1.54, 1.807) is 44.2 Å². The average molecular weight is 1150 g/mol. The molecule has 3 aliphatic heterocycles. The zero-order valence-electron chi connectivity index (χ0n) is 45.4. The molecule has 25 heteroatoms. The van der Waals surface area contributed by atoms with E-state index in [1.807, 2.05) is 0 Å². The van der Waals surface area contributed by atoms with Crippen LogP contribution >= 0.6 is 7.82 Å². The van der Waals surface area contributed by atoms with Gasteiger partial charge >= 0.3 is 13.8 Å². The topological polar surface area (TPSA) is 326 Å². The number of phosphoric acid groups is 1. The number of imide groups is 1. The normalized spacial score (nSPS) is 18.9. The second kappa shape index (κ2) is 24.6. The fourth-order valence-corrected chi connectivity index (χ4v) is 12.0. The van der Waals surface area contributed by atoms with Gasteiger partial charge in [0.25, 0.3) is 5.56 Å². The van der Waals surface area contributed by atoms with E-state index in [1.165, 1.54) is 52.8 Å². The highest BCUT2D eigenvalue weighted by Crippen LogP contribution is 2.55. The van der Waals surface area contributed by atoms with Crippen LogP contribution in [0, 0.1) is 18.7 Å². The number of hydrogen-bond acceptors (Lipinski definition) is 15. The summed E-state index contributed by atoms with van der Waals surface area (Å²) in [6.45, 7) is 2.96. The van der Waals surface area contributed by atoms with Crippen LogP contribution in [0.5, 0.6) is 0 Å². The van der Waals surface area contributed by atoms with Crippen molar-refractivity contribution in [2.24, 2.45) is 11.7 Å². The number of nitrogens with two attached hydrogens (primary N) is 1. The molecular weight excluding hydrogens is 1080 g/mol. The molecule has 432 valence electrons. The lowest BCUT2D eigenvalue weighted by Crippen LogP contribution is -2.52. The molecule has 0 saturated carbocycles. The fraction of sp³-hybridized carbons (Fsp3) is 0.404. The third kappa shape index (κ3) is 12.6. The van der Waals surface area contributed by atoms with Gasteiger partial charge in [0.05, 0.1) is 55.3 Å². The lowest BCUT2D eigenvalue weighted by atomic mass is 9.82. The summed E-state index contributed by atoms with van der Waals surface area (Å²) >= 11 is 0. The molecule has 5 heterocycles. The van der Waals surface area contributed by atoms with Crippen molar-refractivity contribution >= 4 is 71.7 Å². The summed E-state index contributed by atoms with van der Waals surface area (Å²) in [7, 11) is -5.15. The van der Waals surface area contributed by atoms with Crippen molar-refractivity contribution in [2.45, 2.75) is 116 Å². The number of unbranched alkanes of at least 4 members (excludes halogenated alkanes) is 2. The fourth-order valence-electron chi connectivity index (χ4n) is 10.9. The van der Waals surface area contributed by atoms with Gasteiger partial charge in [-0.3, -0.25) is 52.3 Å². The Bertz CT molecular complexity index is 3520. The maximum Gasteiger partial charge on any atom is 0.473 e. The Balaban J connectivity index is 0.758. The van der Waals surface area contributed by atoms with Crippen LogP contribution in [0.25, 0.3) is 22.3 Å². The van der Waals surface area contributed by atoms with Crippen molar-refractivity contribution in [1.82, 2.24) is 35.7 Å². The molecule has 5 aromatic rings. The molecular formula is C57H63FN9O14P. The Morgan fingerprint density at radius 3 is 2.34 bits per heavy atom. The van der Waals surface area contributed by atoms with E-state index >= 15 is 4.39 Å². The Labute approximate surface area is 469 Å². The van der Waals surface area contributed by atoms with Gasteiger partial charge in [0.15, 0.2) is 0 Å². The maximum absolute atomic E-state index is 15.2. The number of halogens is 1. The van der Waals surface area contributed by atoms with Crippen molar-refractivity contribution in [3.63, 3.8) is 0 Å². The predicted octanol–water partition coefficient (Wildman–Crippen LogP) is 3.78. The van der Waals surface area contributed by atoms with Crippen LogP contribution in [-0.2, 0) is 94.9 Å². The Kier molecular flexibility index (Phi) is 17.6. The number of aromatic nitrogens is 2. The second-order valence-corrected chi connectivity index (χ2v) is 22.3. The molecule has 1 aliphatic carbocycles. The van der Waals surface area contributed by atoms with Gasteiger partial charge in [0, 0.05) is 66.0 Å². The third-order valence-corrected chi connectivity index (χ3v) is 16.3. The van der Waals surface area contributed by atoms with E-state index < -0.39 is 105 Å². The van der Waals surface area contributed by atoms with Gasteiger partial charge in [-0.1, -0.05) is 62.7 Å². The summed E-state index contributed by atoms with van der Waals surface area (Å²) in [5.74, 6) is -5.26. The van der Waals surface area contributed by atoms with Crippen molar-refractivity contribution in [2.75, 3.05) is 31.5 Å². The molecule has 0 bridgehead atoms. The van der Waals surface area contributed by atoms with E-state index in [2.05, 4.69) is 26.6 Å². The molecule has 8 N–H and O–H groups in total. The SMILES string of the molecule is CC[C@@]1(OP(=O)(O)OCc2ccc(NC(=O)CNC(=O)[C@H](Cc3ccccc3)NC(=O)CNC(=O)CNC(=O)CCCCCN3C(=O)CC(C)C3=O)cc2)C(=O)OCc2c1cc1n(c2=O)Cc2c-1nc1cc(F)c(C)c3c1c2[C@@H](N)CC3. The quantitative estimate of drug-likeness (QED) is 0.0208. The Hall–Kier alpha value is -8.02. The van der Waals surface area contributed by atoms with Gasteiger partial charge in [-0.25, -0.2) is 18.7 Å². The lowest BCUT2D eigenvalue weighted by molar-refractivity contribution is -0.171. The molecule has 4 aliphatic rings. The molecule has 1 saturated heterocycles. The molecule has 2 aromatic heterocycles. The Morgan fingerprint density at radius 1 is 0.902 bits per heavy atom. The Morgan fingerprint density at radius 2 is 1.62 bits per heavy atom. The molecule has 5 atom stereocenters. The standard InChI is InChI=1S/C57H63FN9O14P/c1-4-57(39-23-44-52-37(28-67(44)55(75)38(39)30-79-56(57)76)50-41(59)19-18-36-32(3)40(58)24-42(65-52)51(36)50)81-82(77,78)80-29-34-14-16-35(17-15-34)63-47(70)27-62-53(73)43(22-33-11-7-5-8-12-33)64-48(71)26-61-46(69)25-60-45(68)13-9-6-10-20-66-49(72)21-31(2)54(66)74/h5,7-8,11-12,14-17,23-24,31,41,43H,4,6,9-10,13,18-22,25-30,59H2,1-3H3,(H,60,68)(H,61,69)(H,62,73)(H,63,70)(H,64,71)(H,77,78)/t31?,41-,43-,57-/m0/s1. The number of rotatable bonds is 23. The number of carbonyl (C=O) groups is 8. The number of carbonyl (C=O) groups excluding carboxylic acids is 8. The van der Waals surface area contributed by atoms with E-state index in [-0.39, 0.29) is 66.8 Å². The number of anilines is 1. The maximum atomic E-state index is 15.2. The summed E-state index contributed by atoms with van der Waals surface area (Å²) in [5, 5.41) is 13.4. The highest BCUT2D eigenvalue weighted by molar-refractivity contribution is 7.47. The average Bonchev–Trinajstić information content (AvgIpc) is 4.04. The van der Waals surface area contributed by atoms with Gasteiger partial charge < -0.3 is 46.5 Å². The van der Waals surface area contributed by atoms with Gasteiger partial charge in [0.2, 0.25) is 47.0 Å². The zero-order valence-corrected chi connectivity index (χ0v) is 46.3. The summed E-state index contributed by atoms with van der Waals surface area (Å²) in [6, 6.07) is 15.9. The number of phosphoric ester groups is 1. The van der Waals surface area contributed by atoms with Gasteiger partial charge in [0.1, 0.15) is 18.5 Å². The van der Waals surface area contributed by atoms with Gasteiger partial charge in [-0.2, -0.15) is 0 Å². The largest absolute Gasteiger partial charge is 0.473 e. The first kappa shape index (κ1) is 58.6. The van der Waals surface area contributed by atoms with Crippen molar-refractivity contribution in [3.8, 4) is 11.4 Å². The van der Waals surface area contributed by atoms with E-state index in [0.29, 0.717) is 77.8 Å². The first-order valence-corrected chi connectivity index (χ1v) is 28.6. The van der Waals surface area contributed by atoms with Crippen molar-refractivity contribution in [3.05, 3.63) is 127 Å². The van der Waals surface area contributed by atoms with Crippen LogP contribution < -0.4 is 37.9 Å². The number of esters is 1. The minimum atomic E-state index is -5.15. The molecule has 23 nitrogen and oxygen atoms in total. The molecule has 0 radical (unpaired) electrons. The number of amides is 7. The number of fused-ring (bicyclic) bond motifs is 5. The van der Waals surface area contributed by atoms with E-state index in [9.17, 15) is 52.6 Å². The number of benzene rings is 3. The molecule has 1 fully saturated rings.